The van der Waals surface area contributed by atoms with Gasteiger partial charge < -0.3 is 15.2 Å². The maximum Gasteiger partial charge on any atom is 0.339 e. The first-order chi connectivity index (χ1) is 13.4. The molecule has 1 aromatic carbocycles. The van der Waals surface area contributed by atoms with E-state index in [4.69, 9.17) is 21.6 Å². The zero-order valence-electron chi connectivity index (χ0n) is 15.2. The molecule has 1 spiro atoms. The van der Waals surface area contributed by atoms with Gasteiger partial charge in [-0.2, -0.15) is 5.26 Å². The van der Waals surface area contributed by atoms with Crippen molar-refractivity contribution in [1.29, 1.82) is 5.26 Å². The van der Waals surface area contributed by atoms with Crippen LogP contribution in [0.4, 0.5) is 5.69 Å². The van der Waals surface area contributed by atoms with Crippen LogP contribution in [0.3, 0.4) is 0 Å². The SMILES string of the molecule is C#CCN1C(=O)[C@]2(C(C#N)=C(N)OC(C)=C2C(=O)OCC=C)c2ccccc21. The number of para-hydroxylation sites is 1. The number of terminal acetylenes is 1. The van der Waals surface area contributed by atoms with E-state index >= 15 is 0 Å². The highest BCUT2D eigenvalue weighted by molar-refractivity contribution is 6.18. The average molecular weight is 375 g/mol. The average Bonchev–Trinajstić information content (AvgIpc) is 2.90. The highest BCUT2D eigenvalue weighted by atomic mass is 16.5. The van der Waals surface area contributed by atoms with Crippen molar-refractivity contribution >= 4 is 17.6 Å². The van der Waals surface area contributed by atoms with E-state index in [0.29, 0.717) is 11.3 Å². The molecule has 0 saturated carbocycles. The minimum absolute atomic E-state index is 0.0366. The standard InChI is InChI=1S/C21H17N3O4/c1-4-10-24-16-9-7-6-8-14(16)21(20(24)26)15(12-22)18(23)28-13(3)17(21)19(25)27-11-5-2/h1,5-9H,2,10-11,23H2,3H3/t21-/m0/s1. The highest BCUT2D eigenvalue weighted by Crippen LogP contribution is 2.53. The van der Waals surface area contributed by atoms with Crippen molar-refractivity contribution in [3.63, 3.8) is 0 Å². The summed E-state index contributed by atoms with van der Waals surface area (Å²) >= 11 is 0. The maximum absolute atomic E-state index is 13.7. The zero-order valence-corrected chi connectivity index (χ0v) is 15.2. The second-order valence-corrected chi connectivity index (χ2v) is 6.13. The Morgan fingerprint density at radius 3 is 2.86 bits per heavy atom. The van der Waals surface area contributed by atoms with Gasteiger partial charge >= 0.3 is 5.97 Å². The molecule has 2 heterocycles. The van der Waals surface area contributed by atoms with Crippen LogP contribution in [0, 0.1) is 23.7 Å². The van der Waals surface area contributed by atoms with Gasteiger partial charge in [0, 0.05) is 11.3 Å². The van der Waals surface area contributed by atoms with Gasteiger partial charge in [-0.3, -0.25) is 9.69 Å². The van der Waals surface area contributed by atoms with E-state index in [1.807, 2.05) is 6.07 Å². The van der Waals surface area contributed by atoms with Crippen LogP contribution >= 0.6 is 0 Å². The lowest BCUT2D eigenvalue weighted by atomic mass is 9.68. The number of ether oxygens (including phenoxy) is 2. The van der Waals surface area contributed by atoms with Gasteiger partial charge in [-0.05, 0) is 13.0 Å². The number of amides is 1. The van der Waals surface area contributed by atoms with E-state index in [1.54, 1.807) is 24.3 Å². The molecule has 1 aromatic rings. The summed E-state index contributed by atoms with van der Waals surface area (Å²) in [6.07, 6.45) is 6.84. The zero-order chi connectivity index (χ0) is 20.5. The van der Waals surface area contributed by atoms with Crippen LogP contribution in [0.25, 0.3) is 0 Å². The molecule has 7 nitrogen and oxygen atoms in total. The molecule has 0 saturated heterocycles. The first-order valence-corrected chi connectivity index (χ1v) is 8.37. The number of allylic oxidation sites excluding steroid dienone is 1. The van der Waals surface area contributed by atoms with Gasteiger partial charge in [0.2, 0.25) is 11.8 Å². The number of carbonyl (C=O) groups is 2. The summed E-state index contributed by atoms with van der Waals surface area (Å²) in [4.78, 5) is 27.9. The molecule has 0 aliphatic carbocycles. The number of fused-ring (bicyclic) bond motifs is 2. The smallest absolute Gasteiger partial charge is 0.339 e. The summed E-state index contributed by atoms with van der Waals surface area (Å²) in [7, 11) is 0. The molecule has 140 valence electrons. The number of nitrogens with two attached hydrogens (primary N) is 1. The molecule has 7 heteroatoms. The van der Waals surface area contributed by atoms with Gasteiger partial charge in [-0.1, -0.05) is 36.8 Å². The van der Waals surface area contributed by atoms with Crippen LogP contribution in [-0.2, 0) is 24.5 Å². The largest absolute Gasteiger partial charge is 0.458 e. The number of hydrogen-bond acceptors (Lipinski definition) is 6. The normalized spacial score (nSPS) is 20.4. The third kappa shape index (κ3) is 2.38. The van der Waals surface area contributed by atoms with E-state index in [2.05, 4.69) is 12.5 Å². The minimum atomic E-state index is -1.78. The molecule has 2 N–H and O–H groups in total. The summed E-state index contributed by atoms with van der Waals surface area (Å²) in [5.74, 6) is 0.912. The number of benzene rings is 1. The van der Waals surface area contributed by atoms with Gasteiger partial charge in [0.15, 0.2) is 5.41 Å². The Kier molecular flexibility index (Phi) is 4.69. The van der Waals surface area contributed by atoms with Gasteiger partial charge in [0.25, 0.3) is 0 Å². The van der Waals surface area contributed by atoms with Gasteiger partial charge in [0.05, 0.1) is 6.54 Å². The van der Waals surface area contributed by atoms with Gasteiger partial charge in [0.1, 0.15) is 29.6 Å². The molecule has 1 atom stereocenters. The fraction of sp³-hybridized carbons (Fsp3) is 0.190. The third-order valence-electron chi connectivity index (χ3n) is 4.67. The molecule has 0 bridgehead atoms. The van der Waals surface area contributed by atoms with E-state index < -0.39 is 17.3 Å². The highest BCUT2D eigenvalue weighted by Gasteiger charge is 2.62. The quantitative estimate of drug-likeness (QED) is 0.487. The lowest BCUT2D eigenvalue weighted by molar-refractivity contribution is -0.140. The van der Waals surface area contributed by atoms with E-state index in [0.717, 1.165) is 0 Å². The van der Waals surface area contributed by atoms with Crippen LogP contribution in [0.2, 0.25) is 0 Å². The van der Waals surface area contributed by atoms with Gasteiger partial charge in [-0.25, -0.2) is 4.79 Å². The molecule has 1 amide bonds. The van der Waals surface area contributed by atoms with Crippen molar-refractivity contribution < 1.29 is 19.1 Å². The molecular weight excluding hydrogens is 358 g/mol. The summed E-state index contributed by atoms with van der Waals surface area (Å²) in [6.45, 7) is 4.90. The maximum atomic E-state index is 13.7. The van der Waals surface area contributed by atoms with Crippen molar-refractivity contribution in [2.45, 2.75) is 12.3 Å². The van der Waals surface area contributed by atoms with Crippen molar-refractivity contribution in [3.05, 3.63) is 65.3 Å². The summed E-state index contributed by atoms with van der Waals surface area (Å²) in [5, 5.41) is 9.84. The number of rotatable bonds is 4. The van der Waals surface area contributed by atoms with E-state index in [9.17, 15) is 14.9 Å². The Hall–Kier alpha value is -3.97. The number of esters is 1. The predicted octanol–water partition coefficient (Wildman–Crippen LogP) is 1.63. The number of nitriles is 1. The molecule has 0 radical (unpaired) electrons. The van der Waals surface area contributed by atoms with Crippen LogP contribution in [0.1, 0.15) is 12.5 Å². The molecule has 2 aliphatic rings. The first-order valence-electron chi connectivity index (χ1n) is 8.37. The third-order valence-corrected chi connectivity index (χ3v) is 4.67. The van der Waals surface area contributed by atoms with Gasteiger partial charge in [-0.15, -0.1) is 6.42 Å². The number of carbonyl (C=O) groups excluding carboxylic acids is 2. The first kappa shape index (κ1) is 18.8. The molecule has 0 fully saturated rings. The minimum Gasteiger partial charge on any atom is -0.458 e. The monoisotopic (exact) mass is 375 g/mol. The van der Waals surface area contributed by atoms with Crippen molar-refractivity contribution in [3.8, 4) is 18.4 Å². The molecule has 3 rings (SSSR count). The molecular formula is C21H17N3O4. The lowest BCUT2D eigenvalue weighted by Gasteiger charge is -2.34. The fourth-order valence-electron chi connectivity index (χ4n) is 3.67. The molecule has 28 heavy (non-hydrogen) atoms. The van der Waals surface area contributed by atoms with Crippen molar-refractivity contribution in [1.82, 2.24) is 0 Å². The van der Waals surface area contributed by atoms with Crippen LogP contribution in [-0.4, -0.2) is 25.0 Å². The molecule has 2 aliphatic heterocycles. The molecule has 0 unspecified atom stereocenters. The Balaban J connectivity index is 2.38. The number of anilines is 1. The predicted molar refractivity (Wildman–Crippen MR) is 101 cm³/mol. The Labute approximate surface area is 162 Å². The topological polar surface area (TPSA) is 106 Å². The van der Waals surface area contributed by atoms with Crippen LogP contribution in [0.15, 0.2) is 59.7 Å². The summed E-state index contributed by atoms with van der Waals surface area (Å²) < 4.78 is 10.6. The second kappa shape index (κ2) is 6.98. The van der Waals surface area contributed by atoms with Crippen molar-refractivity contribution in [2.75, 3.05) is 18.1 Å². The number of nitrogens with zero attached hydrogens (tertiary/aromatic N) is 2. The van der Waals surface area contributed by atoms with E-state index in [-0.39, 0.29) is 35.9 Å². The Morgan fingerprint density at radius 2 is 2.21 bits per heavy atom. The van der Waals surface area contributed by atoms with Crippen LogP contribution in [0.5, 0.6) is 0 Å². The second-order valence-electron chi connectivity index (χ2n) is 6.13. The lowest BCUT2D eigenvalue weighted by Crippen LogP contribution is -2.48. The number of hydrogen-bond donors (Lipinski definition) is 1. The van der Waals surface area contributed by atoms with Crippen molar-refractivity contribution in [2.24, 2.45) is 5.73 Å². The fourth-order valence-corrected chi connectivity index (χ4v) is 3.67. The molecule has 0 aromatic heterocycles. The van der Waals surface area contributed by atoms with E-state index in [1.165, 1.54) is 17.9 Å². The summed E-state index contributed by atoms with van der Waals surface area (Å²) in [5.41, 5.74) is 4.81. The summed E-state index contributed by atoms with van der Waals surface area (Å²) in [6, 6.07) is 8.75. The Bertz CT molecular complexity index is 1040. The van der Waals surface area contributed by atoms with Crippen LogP contribution < -0.4 is 10.6 Å². The Morgan fingerprint density at radius 1 is 1.50 bits per heavy atom.